The topological polar surface area (TPSA) is 72.4 Å². The van der Waals surface area contributed by atoms with Crippen LogP contribution in [0.15, 0.2) is 12.4 Å². The second-order valence-corrected chi connectivity index (χ2v) is 5.32. The predicted molar refractivity (Wildman–Crippen MR) is 69.8 cm³/mol. The minimum Gasteiger partial charge on any atom is -0.444 e. The molecule has 0 aromatic carbocycles. The number of aldehydes is 1. The monoisotopic (exact) mass is 285 g/mol. The Morgan fingerprint density at radius 3 is 2.47 bits per heavy atom. The SMILES string of the molecule is CN(C(=O)OC(C)(C)C)C(C=O)c1cnc(Cl)cn1. The van der Waals surface area contributed by atoms with E-state index in [4.69, 9.17) is 16.3 Å². The molecule has 19 heavy (non-hydrogen) atoms. The molecule has 0 aliphatic rings. The number of carbonyl (C=O) groups excluding carboxylic acids is 2. The molecule has 1 heterocycles. The number of aromatic nitrogens is 2. The molecule has 0 aliphatic carbocycles. The number of hydrogen-bond acceptors (Lipinski definition) is 5. The molecule has 0 fully saturated rings. The van der Waals surface area contributed by atoms with Gasteiger partial charge in [-0.05, 0) is 20.8 Å². The molecular formula is C12H16ClN3O3. The van der Waals surface area contributed by atoms with Gasteiger partial charge in [-0.25, -0.2) is 9.78 Å². The smallest absolute Gasteiger partial charge is 0.410 e. The molecule has 0 radical (unpaired) electrons. The Labute approximate surface area is 116 Å². The molecule has 104 valence electrons. The highest BCUT2D eigenvalue weighted by Gasteiger charge is 2.27. The van der Waals surface area contributed by atoms with E-state index in [9.17, 15) is 9.59 Å². The van der Waals surface area contributed by atoms with Gasteiger partial charge in [-0.15, -0.1) is 0 Å². The van der Waals surface area contributed by atoms with Crippen molar-refractivity contribution in [3.8, 4) is 0 Å². The van der Waals surface area contributed by atoms with Crippen LogP contribution in [0.2, 0.25) is 5.15 Å². The molecule has 6 nitrogen and oxygen atoms in total. The van der Waals surface area contributed by atoms with Gasteiger partial charge in [0.2, 0.25) is 0 Å². The van der Waals surface area contributed by atoms with E-state index in [0.29, 0.717) is 12.0 Å². The number of halogens is 1. The standard InChI is InChI=1S/C12H16ClN3O3/c1-12(2,3)19-11(18)16(4)9(7-17)8-5-15-10(13)6-14-8/h5-7,9H,1-4H3. The molecule has 7 heteroatoms. The van der Waals surface area contributed by atoms with E-state index < -0.39 is 17.7 Å². The van der Waals surface area contributed by atoms with E-state index in [1.807, 2.05) is 0 Å². The van der Waals surface area contributed by atoms with Crippen LogP contribution in [0.3, 0.4) is 0 Å². The summed E-state index contributed by atoms with van der Waals surface area (Å²) < 4.78 is 5.18. The highest BCUT2D eigenvalue weighted by molar-refractivity contribution is 6.29. The van der Waals surface area contributed by atoms with Crippen LogP contribution in [0.1, 0.15) is 32.5 Å². The number of hydrogen-bond donors (Lipinski definition) is 0. The van der Waals surface area contributed by atoms with E-state index in [2.05, 4.69) is 9.97 Å². The van der Waals surface area contributed by atoms with Crippen LogP contribution in [0.5, 0.6) is 0 Å². The largest absolute Gasteiger partial charge is 0.444 e. The average molecular weight is 286 g/mol. The van der Waals surface area contributed by atoms with Gasteiger partial charge < -0.3 is 9.53 Å². The van der Waals surface area contributed by atoms with E-state index in [1.165, 1.54) is 19.4 Å². The normalized spacial score (nSPS) is 12.7. The lowest BCUT2D eigenvalue weighted by Crippen LogP contribution is -2.37. The first kappa shape index (κ1) is 15.4. The van der Waals surface area contributed by atoms with Crippen molar-refractivity contribution in [1.82, 2.24) is 14.9 Å². The van der Waals surface area contributed by atoms with Crippen LogP contribution in [0.4, 0.5) is 4.79 Å². The summed E-state index contributed by atoms with van der Waals surface area (Å²) in [5, 5.41) is 0.216. The Bertz CT molecular complexity index is 456. The Balaban J connectivity index is 2.88. The van der Waals surface area contributed by atoms with Crippen LogP contribution in [0.25, 0.3) is 0 Å². The zero-order chi connectivity index (χ0) is 14.6. The predicted octanol–water partition coefficient (Wildman–Crippen LogP) is 2.24. The minimum atomic E-state index is -0.861. The van der Waals surface area contributed by atoms with Gasteiger partial charge in [0.25, 0.3) is 0 Å². The molecule has 1 unspecified atom stereocenters. The molecule has 1 amide bonds. The fourth-order valence-corrected chi connectivity index (χ4v) is 1.38. The van der Waals surface area contributed by atoms with Crippen LogP contribution in [-0.4, -0.2) is 39.9 Å². The van der Waals surface area contributed by atoms with Crippen molar-refractivity contribution in [2.45, 2.75) is 32.4 Å². The number of likely N-dealkylation sites (N-methyl/N-ethyl adjacent to an activating group) is 1. The lowest BCUT2D eigenvalue weighted by molar-refractivity contribution is -0.112. The molecule has 0 saturated heterocycles. The van der Waals surface area contributed by atoms with Crippen LogP contribution < -0.4 is 0 Å². The van der Waals surface area contributed by atoms with E-state index >= 15 is 0 Å². The number of nitrogens with zero attached hydrogens (tertiary/aromatic N) is 3. The Kier molecular flexibility index (Phi) is 4.83. The Morgan fingerprint density at radius 1 is 1.42 bits per heavy atom. The fraction of sp³-hybridized carbons (Fsp3) is 0.500. The number of carbonyl (C=O) groups is 2. The van der Waals surface area contributed by atoms with Crippen molar-refractivity contribution in [3.63, 3.8) is 0 Å². The summed E-state index contributed by atoms with van der Waals surface area (Å²) in [6, 6.07) is -0.861. The molecule has 0 saturated carbocycles. The Hall–Kier alpha value is -1.69. The van der Waals surface area contributed by atoms with Crippen LogP contribution in [0, 0.1) is 0 Å². The van der Waals surface area contributed by atoms with Crippen molar-refractivity contribution >= 4 is 24.0 Å². The lowest BCUT2D eigenvalue weighted by atomic mass is 10.2. The van der Waals surface area contributed by atoms with Gasteiger partial charge in [-0.3, -0.25) is 9.88 Å². The third kappa shape index (κ3) is 4.48. The maximum atomic E-state index is 11.9. The fourth-order valence-electron chi connectivity index (χ4n) is 1.28. The van der Waals surface area contributed by atoms with Crippen molar-refractivity contribution in [1.29, 1.82) is 0 Å². The molecular weight excluding hydrogens is 270 g/mol. The van der Waals surface area contributed by atoms with E-state index in [-0.39, 0.29) is 5.15 Å². The third-order valence-corrected chi connectivity index (χ3v) is 2.37. The zero-order valence-corrected chi connectivity index (χ0v) is 12.0. The van der Waals surface area contributed by atoms with Crippen LogP contribution >= 0.6 is 11.6 Å². The molecule has 1 aromatic heterocycles. The first-order valence-electron chi connectivity index (χ1n) is 5.63. The summed E-state index contributed by atoms with van der Waals surface area (Å²) in [5.74, 6) is 0. The summed E-state index contributed by atoms with van der Waals surface area (Å²) >= 11 is 5.62. The molecule has 1 rings (SSSR count). The van der Waals surface area contributed by atoms with Crippen molar-refractivity contribution < 1.29 is 14.3 Å². The summed E-state index contributed by atoms with van der Waals surface area (Å²) in [7, 11) is 1.46. The molecule has 0 N–H and O–H groups in total. The van der Waals surface area contributed by atoms with Gasteiger partial charge in [0.05, 0.1) is 18.1 Å². The molecule has 0 bridgehead atoms. The van der Waals surface area contributed by atoms with Gasteiger partial charge in [0.15, 0.2) is 0 Å². The van der Waals surface area contributed by atoms with Crippen LogP contribution in [-0.2, 0) is 9.53 Å². The van der Waals surface area contributed by atoms with Crippen molar-refractivity contribution in [3.05, 3.63) is 23.2 Å². The van der Waals surface area contributed by atoms with Gasteiger partial charge in [0.1, 0.15) is 23.1 Å². The first-order chi connectivity index (χ1) is 8.74. The van der Waals surface area contributed by atoms with E-state index in [0.717, 1.165) is 4.90 Å². The average Bonchev–Trinajstić information content (AvgIpc) is 2.30. The van der Waals surface area contributed by atoms with E-state index in [1.54, 1.807) is 20.8 Å². The van der Waals surface area contributed by atoms with Gasteiger partial charge in [0, 0.05) is 7.05 Å². The van der Waals surface area contributed by atoms with Crippen molar-refractivity contribution in [2.75, 3.05) is 7.05 Å². The first-order valence-corrected chi connectivity index (χ1v) is 6.01. The number of rotatable bonds is 3. The second-order valence-electron chi connectivity index (χ2n) is 4.94. The highest BCUT2D eigenvalue weighted by atomic mass is 35.5. The maximum absolute atomic E-state index is 11.9. The molecule has 0 spiro atoms. The summed E-state index contributed by atoms with van der Waals surface area (Å²) in [6.45, 7) is 5.24. The molecule has 1 aromatic rings. The quantitative estimate of drug-likeness (QED) is 0.796. The summed E-state index contributed by atoms with van der Waals surface area (Å²) in [4.78, 5) is 32.0. The highest BCUT2D eigenvalue weighted by Crippen LogP contribution is 2.18. The summed E-state index contributed by atoms with van der Waals surface area (Å²) in [5.41, 5.74) is -0.308. The molecule has 1 atom stereocenters. The Morgan fingerprint density at radius 2 is 2.05 bits per heavy atom. The van der Waals surface area contributed by atoms with Gasteiger partial charge in [-0.1, -0.05) is 11.6 Å². The van der Waals surface area contributed by atoms with Gasteiger partial charge >= 0.3 is 6.09 Å². The van der Waals surface area contributed by atoms with Gasteiger partial charge in [-0.2, -0.15) is 0 Å². The number of amides is 1. The van der Waals surface area contributed by atoms with Crippen molar-refractivity contribution in [2.24, 2.45) is 0 Å². The summed E-state index contributed by atoms with van der Waals surface area (Å²) in [6.07, 6.45) is 2.65. The zero-order valence-electron chi connectivity index (χ0n) is 11.3. The maximum Gasteiger partial charge on any atom is 0.410 e. The lowest BCUT2D eigenvalue weighted by Gasteiger charge is -2.27. The second kappa shape index (κ2) is 5.97. The molecule has 0 aliphatic heterocycles. The number of ether oxygens (including phenoxy) is 1. The minimum absolute atomic E-state index is 0.216. The third-order valence-electron chi connectivity index (χ3n) is 2.17.